The van der Waals surface area contributed by atoms with Crippen LogP contribution in [-0.4, -0.2) is 9.78 Å². The van der Waals surface area contributed by atoms with E-state index in [2.05, 4.69) is 38.7 Å². The van der Waals surface area contributed by atoms with Crippen LogP contribution >= 0.6 is 15.9 Å². The van der Waals surface area contributed by atoms with Gasteiger partial charge in [0.15, 0.2) is 0 Å². The van der Waals surface area contributed by atoms with E-state index >= 15 is 0 Å². The molecule has 0 spiro atoms. The standard InChI is InChI=1S/C8H11BrN2/c1-2-11-7(6-3-4-6)5-8(9)10-11/h5-6H,2-4H2,1H3. The Bertz CT molecular complexity index is 263. The zero-order chi connectivity index (χ0) is 7.84. The summed E-state index contributed by atoms with van der Waals surface area (Å²) < 4.78 is 3.06. The van der Waals surface area contributed by atoms with Crippen LogP contribution in [0.5, 0.6) is 0 Å². The highest BCUT2D eigenvalue weighted by atomic mass is 79.9. The summed E-state index contributed by atoms with van der Waals surface area (Å²) in [5, 5.41) is 4.32. The molecule has 1 aromatic heterocycles. The third kappa shape index (κ3) is 1.34. The number of rotatable bonds is 2. The Balaban J connectivity index is 2.34. The highest BCUT2D eigenvalue weighted by molar-refractivity contribution is 9.10. The molecule has 0 saturated heterocycles. The molecule has 0 bridgehead atoms. The number of aryl methyl sites for hydroxylation is 1. The van der Waals surface area contributed by atoms with Crippen molar-refractivity contribution in [3.63, 3.8) is 0 Å². The molecule has 2 rings (SSSR count). The lowest BCUT2D eigenvalue weighted by molar-refractivity contribution is 0.620. The number of nitrogens with zero attached hydrogens (tertiary/aromatic N) is 2. The summed E-state index contributed by atoms with van der Waals surface area (Å²) in [6.07, 6.45) is 2.69. The van der Waals surface area contributed by atoms with Gasteiger partial charge in [0.05, 0.1) is 0 Å². The second kappa shape index (κ2) is 2.63. The highest BCUT2D eigenvalue weighted by Crippen LogP contribution is 2.40. The van der Waals surface area contributed by atoms with Crippen molar-refractivity contribution >= 4 is 15.9 Å². The Hall–Kier alpha value is -0.310. The van der Waals surface area contributed by atoms with Gasteiger partial charge in [-0.1, -0.05) is 0 Å². The third-order valence-corrected chi connectivity index (χ3v) is 2.46. The van der Waals surface area contributed by atoms with Crippen LogP contribution in [0.15, 0.2) is 10.7 Å². The van der Waals surface area contributed by atoms with Gasteiger partial charge in [-0.25, -0.2) is 0 Å². The molecular formula is C8H11BrN2. The molecule has 0 aliphatic heterocycles. The first-order valence-corrected chi connectivity index (χ1v) is 4.84. The predicted molar refractivity (Wildman–Crippen MR) is 47.6 cm³/mol. The Morgan fingerprint density at radius 1 is 1.73 bits per heavy atom. The van der Waals surface area contributed by atoms with Crippen molar-refractivity contribution in [3.05, 3.63) is 16.4 Å². The molecule has 1 aliphatic carbocycles. The molecule has 1 saturated carbocycles. The number of hydrogen-bond acceptors (Lipinski definition) is 1. The largest absolute Gasteiger partial charge is 0.268 e. The van der Waals surface area contributed by atoms with Gasteiger partial charge in [-0.15, -0.1) is 0 Å². The van der Waals surface area contributed by atoms with Gasteiger partial charge in [-0.3, -0.25) is 4.68 Å². The molecule has 1 aliphatic rings. The predicted octanol–water partition coefficient (Wildman–Crippen LogP) is 2.54. The first kappa shape index (κ1) is 7.35. The van der Waals surface area contributed by atoms with Crippen molar-refractivity contribution in [1.82, 2.24) is 9.78 Å². The summed E-state index contributed by atoms with van der Waals surface area (Å²) in [4.78, 5) is 0. The van der Waals surface area contributed by atoms with Crippen LogP contribution in [0.4, 0.5) is 0 Å². The maximum absolute atomic E-state index is 4.32. The topological polar surface area (TPSA) is 17.8 Å². The van der Waals surface area contributed by atoms with E-state index in [4.69, 9.17) is 0 Å². The van der Waals surface area contributed by atoms with Gasteiger partial charge in [0.1, 0.15) is 4.60 Å². The number of aromatic nitrogens is 2. The Labute approximate surface area is 74.7 Å². The monoisotopic (exact) mass is 214 g/mol. The number of halogens is 1. The molecule has 1 fully saturated rings. The van der Waals surface area contributed by atoms with Crippen LogP contribution in [0.25, 0.3) is 0 Å². The van der Waals surface area contributed by atoms with E-state index in [1.807, 2.05) is 0 Å². The summed E-state index contributed by atoms with van der Waals surface area (Å²) in [5.74, 6) is 0.800. The molecule has 0 amide bonds. The Kier molecular flexibility index (Phi) is 1.75. The summed E-state index contributed by atoms with van der Waals surface area (Å²) >= 11 is 3.39. The summed E-state index contributed by atoms with van der Waals surface area (Å²) in [7, 11) is 0. The van der Waals surface area contributed by atoms with E-state index in [9.17, 15) is 0 Å². The van der Waals surface area contributed by atoms with E-state index in [0.29, 0.717) is 0 Å². The van der Waals surface area contributed by atoms with E-state index < -0.39 is 0 Å². The first-order valence-electron chi connectivity index (χ1n) is 4.04. The molecule has 2 nitrogen and oxygen atoms in total. The zero-order valence-electron chi connectivity index (χ0n) is 6.55. The zero-order valence-corrected chi connectivity index (χ0v) is 8.13. The highest BCUT2D eigenvalue weighted by Gasteiger charge is 2.27. The molecule has 0 radical (unpaired) electrons. The van der Waals surface area contributed by atoms with Crippen molar-refractivity contribution in [3.8, 4) is 0 Å². The minimum absolute atomic E-state index is 0.800. The lowest BCUT2D eigenvalue weighted by Gasteiger charge is -2.00. The fourth-order valence-electron chi connectivity index (χ4n) is 1.36. The lowest BCUT2D eigenvalue weighted by Crippen LogP contribution is -2.00. The summed E-state index contributed by atoms with van der Waals surface area (Å²) in [5.41, 5.74) is 1.40. The second-order valence-electron chi connectivity index (χ2n) is 2.98. The van der Waals surface area contributed by atoms with Gasteiger partial charge in [0, 0.05) is 18.2 Å². The summed E-state index contributed by atoms with van der Waals surface area (Å²) in [6.45, 7) is 3.11. The SMILES string of the molecule is CCn1nc(Br)cc1C1CC1. The van der Waals surface area contributed by atoms with Gasteiger partial charge in [0.25, 0.3) is 0 Å². The van der Waals surface area contributed by atoms with Crippen LogP contribution in [0.2, 0.25) is 0 Å². The van der Waals surface area contributed by atoms with E-state index in [0.717, 1.165) is 17.1 Å². The normalized spacial score (nSPS) is 17.3. The minimum atomic E-state index is 0.800. The van der Waals surface area contributed by atoms with E-state index in [-0.39, 0.29) is 0 Å². The fourth-order valence-corrected chi connectivity index (χ4v) is 1.79. The van der Waals surface area contributed by atoms with Crippen molar-refractivity contribution in [2.45, 2.75) is 32.2 Å². The third-order valence-electron chi connectivity index (χ3n) is 2.08. The molecule has 0 unspecified atom stereocenters. The molecule has 0 aromatic carbocycles. The second-order valence-corrected chi connectivity index (χ2v) is 3.79. The number of hydrogen-bond donors (Lipinski definition) is 0. The molecule has 1 heterocycles. The van der Waals surface area contributed by atoms with Gasteiger partial charge in [-0.2, -0.15) is 5.10 Å². The van der Waals surface area contributed by atoms with Crippen molar-refractivity contribution in [1.29, 1.82) is 0 Å². The Morgan fingerprint density at radius 2 is 2.45 bits per heavy atom. The van der Waals surface area contributed by atoms with Crippen molar-refractivity contribution in [2.75, 3.05) is 0 Å². The molecule has 0 N–H and O–H groups in total. The first-order chi connectivity index (χ1) is 5.31. The average molecular weight is 215 g/mol. The maximum atomic E-state index is 4.32. The lowest BCUT2D eigenvalue weighted by atomic mass is 10.3. The minimum Gasteiger partial charge on any atom is -0.268 e. The van der Waals surface area contributed by atoms with Crippen LogP contribution in [-0.2, 0) is 6.54 Å². The van der Waals surface area contributed by atoms with Gasteiger partial charge in [0.2, 0.25) is 0 Å². The van der Waals surface area contributed by atoms with Crippen LogP contribution < -0.4 is 0 Å². The molecule has 3 heteroatoms. The van der Waals surface area contributed by atoms with E-state index in [1.54, 1.807) is 0 Å². The molecule has 1 aromatic rings. The van der Waals surface area contributed by atoms with Crippen LogP contribution in [0.3, 0.4) is 0 Å². The van der Waals surface area contributed by atoms with Crippen LogP contribution in [0.1, 0.15) is 31.4 Å². The quantitative estimate of drug-likeness (QED) is 0.741. The maximum Gasteiger partial charge on any atom is 0.128 e. The van der Waals surface area contributed by atoms with E-state index in [1.165, 1.54) is 18.5 Å². The smallest absolute Gasteiger partial charge is 0.128 e. The molecular weight excluding hydrogens is 204 g/mol. The Morgan fingerprint density at radius 3 is 3.00 bits per heavy atom. The van der Waals surface area contributed by atoms with Crippen molar-refractivity contribution < 1.29 is 0 Å². The molecule has 0 atom stereocenters. The van der Waals surface area contributed by atoms with Crippen molar-refractivity contribution in [2.24, 2.45) is 0 Å². The molecule has 60 valence electrons. The fraction of sp³-hybridized carbons (Fsp3) is 0.625. The van der Waals surface area contributed by atoms with Gasteiger partial charge >= 0.3 is 0 Å². The van der Waals surface area contributed by atoms with Crippen LogP contribution in [0, 0.1) is 0 Å². The van der Waals surface area contributed by atoms with Gasteiger partial charge < -0.3 is 0 Å². The summed E-state index contributed by atoms with van der Waals surface area (Å²) in [6, 6.07) is 2.14. The molecule has 11 heavy (non-hydrogen) atoms. The average Bonchev–Trinajstić information content (AvgIpc) is 2.75. The van der Waals surface area contributed by atoms with Gasteiger partial charge in [-0.05, 0) is 41.8 Å².